The van der Waals surface area contributed by atoms with E-state index in [0.29, 0.717) is 0 Å². The third-order valence-electron chi connectivity index (χ3n) is 2.49. The van der Waals surface area contributed by atoms with E-state index in [1.165, 1.54) is 10.9 Å². The van der Waals surface area contributed by atoms with E-state index in [1.807, 2.05) is 18.8 Å². The Balaban J connectivity index is 2.39. The number of aryl methyl sites for hydroxylation is 1. The summed E-state index contributed by atoms with van der Waals surface area (Å²) in [7, 11) is 3.91. The second-order valence-corrected chi connectivity index (χ2v) is 4.37. The average molecular weight is 268 g/mol. The van der Waals surface area contributed by atoms with E-state index in [9.17, 15) is 0 Å². The molecule has 3 nitrogen and oxygen atoms in total. The zero-order valence-electron chi connectivity index (χ0n) is 8.92. The summed E-state index contributed by atoms with van der Waals surface area (Å²) in [5.41, 5.74) is 2.38. The van der Waals surface area contributed by atoms with Crippen LogP contribution in [0.15, 0.2) is 22.8 Å². The summed E-state index contributed by atoms with van der Waals surface area (Å²) in [6.07, 6.45) is 1.04. The smallest absolute Gasteiger partial charge is 0.111 e. The van der Waals surface area contributed by atoms with Crippen LogP contribution in [0.25, 0.3) is 10.9 Å². The SMILES string of the molecule is CNCCc1ccc2c(Br)n(C)nc2c1. The van der Waals surface area contributed by atoms with Crippen molar-refractivity contribution < 1.29 is 0 Å². The van der Waals surface area contributed by atoms with Crippen LogP contribution in [0.5, 0.6) is 0 Å². The Labute approximate surface area is 97.6 Å². The van der Waals surface area contributed by atoms with Gasteiger partial charge in [0, 0.05) is 12.4 Å². The lowest BCUT2D eigenvalue weighted by Gasteiger charge is -1.99. The van der Waals surface area contributed by atoms with Crippen molar-refractivity contribution in [3.63, 3.8) is 0 Å². The lowest BCUT2D eigenvalue weighted by atomic mass is 10.1. The highest BCUT2D eigenvalue weighted by Gasteiger charge is 2.05. The maximum atomic E-state index is 4.43. The van der Waals surface area contributed by atoms with Crippen LogP contribution in [0.4, 0.5) is 0 Å². The van der Waals surface area contributed by atoms with Crippen LogP contribution in [0.3, 0.4) is 0 Å². The van der Waals surface area contributed by atoms with E-state index in [-0.39, 0.29) is 0 Å². The molecule has 1 heterocycles. The predicted molar refractivity (Wildman–Crippen MR) is 66.0 cm³/mol. The van der Waals surface area contributed by atoms with Gasteiger partial charge in [-0.25, -0.2) is 0 Å². The molecule has 0 aliphatic carbocycles. The highest BCUT2D eigenvalue weighted by molar-refractivity contribution is 9.10. The largest absolute Gasteiger partial charge is 0.319 e. The molecule has 4 heteroatoms. The molecular formula is C11H14BrN3. The zero-order chi connectivity index (χ0) is 10.8. The molecule has 0 saturated heterocycles. The van der Waals surface area contributed by atoms with Gasteiger partial charge < -0.3 is 5.32 Å². The van der Waals surface area contributed by atoms with Crippen molar-refractivity contribution in [2.24, 2.45) is 7.05 Å². The van der Waals surface area contributed by atoms with Crippen molar-refractivity contribution in [3.05, 3.63) is 28.4 Å². The summed E-state index contributed by atoms with van der Waals surface area (Å²) >= 11 is 3.52. The van der Waals surface area contributed by atoms with Gasteiger partial charge in [0.05, 0.1) is 5.52 Å². The lowest BCUT2D eigenvalue weighted by molar-refractivity contribution is 0.760. The minimum atomic E-state index is 1.000. The molecule has 1 N–H and O–H groups in total. The maximum Gasteiger partial charge on any atom is 0.111 e. The third-order valence-corrected chi connectivity index (χ3v) is 3.43. The number of rotatable bonds is 3. The predicted octanol–water partition coefficient (Wildman–Crippen LogP) is 2.10. The molecule has 0 bridgehead atoms. The maximum absolute atomic E-state index is 4.43. The molecule has 0 unspecified atom stereocenters. The lowest BCUT2D eigenvalue weighted by Crippen LogP contribution is -2.10. The van der Waals surface area contributed by atoms with Crippen molar-refractivity contribution in [2.75, 3.05) is 13.6 Å². The molecule has 0 spiro atoms. The summed E-state index contributed by atoms with van der Waals surface area (Å²) in [6, 6.07) is 6.43. The average Bonchev–Trinajstić information content (AvgIpc) is 2.52. The Kier molecular flexibility index (Phi) is 3.07. The number of fused-ring (bicyclic) bond motifs is 1. The van der Waals surface area contributed by atoms with Gasteiger partial charge in [-0.3, -0.25) is 4.68 Å². The number of aromatic nitrogens is 2. The number of nitrogens with zero attached hydrogens (tertiary/aromatic N) is 2. The van der Waals surface area contributed by atoms with E-state index in [4.69, 9.17) is 0 Å². The molecule has 1 aromatic heterocycles. The van der Waals surface area contributed by atoms with Gasteiger partial charge in [0.25, 0.3) is 0 Å². The third kappa shape index (κ3) is 2.06. The van der Waals surface area contributed by atoms with Crippen LogP contribution in [-0.2, 0) is 13.5 Å². The second-order valence-electron chi connectivity index (χ2n) is 3.62. The summed E-state index contributed by atoms with van der Waals surface area (Å²) in [4.78, 5) is 0. The topological polar surface area (TPSA) is 29.9 Å². The van der Waals surface area contributed by atoms with Gasteiger partial charge in [-0.15, -0.1) is 0 Å². The first-order valence-corrected chi connectivity index (χ1v) is 5.77. The van der Waals surface area contributed by atoms with E-state index in [0.717, 1.165) is 23.1 Å². The highest BCUT2D eigenvalue weighted by Crippen LogP contribution is 2.23. The molecule has 0 atom stereocenters. The van der Waals surface area contributed by atoms with Crippen molar-refractivity contribution in [1.82, 2.24) is 15.1 Å². The first-order valence-electron chi connectivity index (χ1n) is 4.98. The number of hydrogen-bond acceptors (Lipinski definition) is 2. The Morgan fingerprint density at radius 1 is 1.47 bits per heavy atom. The van der Waals surface area contributed by atoms with Crippen molar-refractivity contribution in [2.45, 2.75) is 6.42 Å². The van der Waals surface area contributed by atoms with Crippen molar-refractivity contribution >= 4 is 26.8 Å². The van der Waals surface area contributed by atoms with Crippen LogP contribution in [0.1, 0.15) is 5.56 Å². The number of hydrogen-bond donors (Lipinski definition) is 1. The highest BCUT2D eigenvalue weighted by atomic mass is 79.9. The van der Waals surface area contributed by atoms with Gasteiger partial charge in [-0.05, 0) is 53.6 Å². The molecule has 0 aliphatic heterocycles. The van der Waals surface area contributed by atoms with Gasteiger partial charge in [-0.1, -0.05) is 6.07 Å². The summed E-state index contributed by atoms with van der Waals surface area (Å²) in [6.45, 7) is 1.000. The van der Waals surface area contributed by atoms with E-state index in [1.54, 1.807) is 0 Å². The minimum absolute atomic E-state index is 1.000. The summed E-state index contributed by atoms with van der Waals surface area (Å²) < 4.78 is 2.89. The fourth-order valence-corrected chi connectivity index (χ4v) is 2.05. The van der Waals surface area contributed by atoms with Crippen LogP contribution in [0, 0.1) is 0 Å². The second kappa shape index (κ2) is 4.33. The first-order chi connectivity index (χ1) is 7.22. The Morgan fingerprint density at radius 3 is 3.00 bits per heavy atom. The van der Waals surface area contributed by atoms with Crippen molar-refractivity contribution in [3.8, 4) is 0 Å². The molecule has 0 radical (unpaired) electrons. The van der Waals surface area contributed by atoms with Gasteiger partial charge in [0.2, 0.25) is 0 Å². The van der Waals surface area contributed by atoms with E-state index < -0.39 is 0 Å². The van der Waals surface area contributed by atoms with Crippen LogP contribution < -0.4 is 5.32 Å². The van der Waals surface area contributed by atoms with Crippen LogP contribution in [0.2, 0.25) is 0 Å². The van der Waals surface area contributed by atoms with E-state index in [2.05, 4.69) is 44.5 Å². The van der Waals surface area contributed by atoms with E-state index >= 15 is 0 Å². The first kappa shape index (κ1) is 10.6. The van der Waals surface area contributed by atoms with Gasteiger partial charge >= 0.3 is 0 Å². The van der Waals surface area contributed by atoms with Crippen molar-refractivity contribution in [1.29, 1.82) is 0 Å². The van der Waals surface area contributed by atoms with Gasteiger partial charge in [-0.2, -0.15) is 5.10 Å². The number of halogens is 1. The quantitative estimate of drug-likeness (QED) is 0.923. The molecule has 0 saturated carbocycles. The molecule has 0 fully saturated rings. The minimum Gasteiger partial charge on any atom is -0.319 e. The Bertz CT molecular complexity index is 476. The van der Waals surface area contributed by atoms with Gasteiger partial charge in [0.15, 0.2) is 0 Å². The molecule has 0 amide bonds. The van der Waals surface area contributed by atoms with Gasteiger partial charge in [0.1, 0.15) is 4.60 Å². The fraction of sp³-hybridized carbons (Fsp3) is 0.364. The molecule has 15 heavy (non-hydrogen) atoms. The molecule has 2 rings (SSSR count). The Morgan fingerprint density at radius 2 is 2.27 bits per heavy atom. The van der Waals surface area contributed by atoms with Crippen LogP contribution in [-0.4, -0.2) is 23.4 Å². The standard InChI is InChI=1S/C11H14BrN3/c1-13-6-5-8-3-4-9-10(7-8)14-15(2)11(9)12/h3-4,7,13H,5-6H2,1-2H3. The summed E-state index contributed by atoms with van der Waals surface area (Å²) in [5, 5.41) is 8.75. The molecular weight excluding hydrogens is 254 g/mol. The molecule has 80 valence electrons. The number of benzene rings is 1. The zero-order valence-corrected chi connectivity index (χ0v) is 10.5. The molecule has 1 aromatic carbocycles. The normalized spacial score (nSPS) is 11.1. The Hall–Kier alpha value is -0.870. The fourth-order valence-electron chi connectivity index (χ4n) is 1.64. The van der Waals surface area contributed by atoms with Crippen LogP contribution >= 0.6 is 15.9 Å². The number of nitrogens with one attached hydrogen (secondary N) is 1. The molecule has 2 aromatic rings. The number of likely N-dealkylation sites (N-methyl/N-ethyl adjacent to an activating group) is 1. The summed E-state index contributed by atoms with van der Waals surface area (Å²) in [5.74, 6) is 0. The molecule has 0 aliphatic rings. The monoisotopic (exact) mass is 267 g/mol.